The van der Waals surface area contributed by atoms with E-state index in [1.54, 1.807) is 23.6 Å². The first-order valence-corrected chi connectivity index (χ1v) is 9.13. The number of aliphatic hydroxyl groups is 1. The second-order valence-corrected chi connectivity index (χ2v) is 7.79. The number of allylic oxidation sites excluding steroid dienone is 1. The van der Waals surface area contributed by atoms with E-state index >= 15 is 0 Å². The van der Waals surface area contributed by atoms with E-state index in [1.807, 2.05) is 13.8 Å². The zero-order valence-electron chi connectivity index (χ0n) is 12.0. The third-order valence-corrected chi connectivity index (χ3v) is 6.25. The van der Waals surface area contributed by atoms with Crippen molar-refractivity contribution in [1.82, 2.24) is 4.72 Å². The lowest BCUT2D eigenvalue weighted by Crippen LogP contribution is -2.47. The van der Waals surface area contributed by atoms with Gasteiger partial charge in [0.15, 0.2) is 0 Å². The smallest absolute Gasteiger partial charge is 0.250 e. The molecule has 0 radical (unpaired) electrons. The van der Waals surface area contributed by atoms with E-state index in [4.69, 9.17) is 0 Å². The molecule has 3 atom stereocenters. The van der Waals surface area contributed by atoms with E-state index in [9.17, 15) is 13.5 Å². The minimum atomic E-state index is -3.56. The summed E-state index contributed by atoms with van der Waals surface area (Å²) >= 11 is 1.17. The first-order valence-electron chi connectivity index (χ1n) is 6.77. The predicted octanol–water partition coefficient (Wildman–Crippen LogP) is 2.77. The van der Waals surface area contributed by atoms with E-state index in [2.05, 4.69) is 11.3 Å². The molecule has 20 heavy (non-hydrogen) atoms. The van der Waals surface area contributed by atoms with Crippen LogP contribution in [0.3, 0.4) is 0 Å². The quantitative estimate of drug-likeness (QED) is 0.688. The molecule has 1 aromatic rings. The van der Waals surface area contributed by atoms with Crippen molar-refractivity contribution in [3.05, 3.63) is 30.2 Å². The van der Waals surface area contributed by atoms with Gasteiger partial charge >= 0.3 is 0 Å². The topological polar surface area (TPSA) is 66.4 Å². The van der Waals surface area contributed by atoms with Crippen molar-refractivity contribution >= 4 is 21.4 Å². The van der Waals surface area contributed by atoms with Gasteiger partial charge in [0, 0.05) is 0 Å². The maximum absolute atomic E-state index is 12.3. The molecule has 0 aliphatic carbocycles. The van der Waals surface area contributed by atoms with E-state index in [0.29, 0.717) is 12.8 Å². The molecule has 6 heteroatoms. The molecule has 2 N–H and O–H groups in total. The molecule has 0 spiro atoms. The van der Waals surface area contributed by atoms with Gasteiger partial charge in [-0.15, -0.1) is 17.9 Å². The molecular weight excluding hydrogens is 294 g/mol. The fourth-order valence-electron chi connectivity index (χ4n) is 1.95. The van der Waals surface area contributed by atoms with Gasteiger partial charge in [0.2, 0.25) is 10.0 Å². The van der Waals surface area contributed by atoms with Gasteiger partial charge in [-0.1, -0.05) is 32.4 Å². The Hall–Kier alpha value is -0.690. The average molecular weight is 317 g/mol. The van der Waals surface area contributed by atoms with Crippen molar-refractivity contribution in [2.24, 2.45) is 5.92 Å². The molecular formula is C14H23NO3S2. The van der Waals surface area contributed by atoms with Crippen LogP contribution in [0.1, 0.15) is 33.1 Å². The van der Waals surface area contributed by atoms with Crippen LogP contribution in [0.25, 0.3) is 0 Å². The predicted molar refractivity (Wildman–Crippen MR) is 83.3 cm³/mol. The van der Waals surface area contributed by atoms with E-state index in [-0.39, 0.29) is 10.1 Å². The SMILES string of the molecule is C=CCCC(O)C(NS(=O)(=O)c1cccs1)[C@@H](C)CC. The highest BCUT2D eigenvalue weighted by Gasteiger charge is 2.29. The van der Waals surface area contributed by atoms with Crippen LogP contribution in [0.5, 0.6) is 0 Å². The molecule has 0 fully saturated rings. The monoisotopic (exact) mass is 317 g/mol. The number of hydrogen-bond acceptors (Lipinski definition) is 4. The minimum absolute atomic E-state index is 0.0598. The summed E-state index contributed by atoms with van der Waals surface area (Å²) in [7, 11) is -3.56. The molecule has 0 amide bonds. The van der Waals surface area contributed by atoms with Gasteiger partial charge in [-0.2, -0.15) is 0 Å². The number of thiophene rings is 1. The lowest BCUT2D eigenvalue weighted by molar-refractivity contribution is 0.104. The van der Waals surface area contributed by atoms with Crippen LogP contribution in [0.15, 0.2) is 34.4 Å². The first-order chi connectivity index (χ1) is 9.42. The van der Waals surface area contributed by atoms with E-state index < -0.39 is 22.2 Å². The Balaban J connectivity index is 2.87. The maximum Gasteiger partial charge on any atom is 0.250 e. The van der Waals surface area contributed by atoms with Gasteiger partial charge in [0.1, 0.15) is 4.21 Å². The van der Waals surface area contributed by atoms with Crippen LogP contribution in [-0.2, 0) is 10.0 Å². The molecule has 2 unspecified atom stereocenters. The molecule has 4 nitrogen and oxygen atoms in total. The largest absolute Gasteiger partial charge is 0.391 e. The number of rotatable bonds is 9. The molecule has 114 valence electrons. The van der Waals surface area contributed by atoms with Gasteiger partial charge in [-0.25, -0.2) is 13.1 Å². The van der Waals surface area contributed by atoms with Crippen LogP contribution < -0.4 is 4.72 Å². The average Bonchev–Trinajstić information content (AvgIpc) is 2.96. The molecule has 0 bridgehead atoms. The summed E-state index contributed by atoms with van der Waals surface area (Å²) in [5.41, 5.74) is 0. The second-order valence-electron chi connectivity index (χ2n) is 4.90. The number of aliphatic hydroxyl groups excluding tert-OH is 1. The van der Waals surface area contributed by atoms with Crippen LogP contribution in [0.2, 0.25) is 0 Å². The Morgan fingerprint density at radius 3 is 2.75 bits per heavy atom. The summed E-state index contributed by atoms with van der Waals surface area (Å²) in [6, 6.07) is 2.79. The molecule has 1 heterocycles. The van der Waals surface area contributed by atoms with Gasteiger partial charge in [0.25, 0.3) is 0 Å². The number of nitrogens with one attached hydrogen (secondary N) is 1. The van der Waals surface area contributed by atoms with Crippen molar-refractivity contribution in [2.75, 3.05) is 0 Å². The van der Waals surface area contributed by atoms with E-state index in [0.717, 1.165) is 6.42 Å². The normalized spacial score (nSPS) is 16.6. The standard InChI is InChI=1S/C14H23NO3S2/c1-4-6-8-12(16)14(11(3)5-2)15-20(17,18)13-9-7-10-19-13/h4,7,9-12,14-16H,1,5-6,8H2,2-3H3/t11-,12?,14?/m0/s1. The third kappa shape index (κ3) is 4.70. The summed E-state index contributed by atoms with van der Waals surface area (Å²) in [4.78, 5) is 0. The van der Waals surface area contributed by atoms with Crippen molar-refractivity contribution in [3.63, 3.8) is 0 Å². The minimum Gasteiger partial charge on any atom is -0.391 e. The van der Waals surface area contributed by atoms with Gasteiger partial charge in [0.05, 0.1) is 12.1 Å². The molecule has 0 aliphatic rings. The highest BCUT2D eigenvalue weighted by Crippen LogP contribution is 2.21. The van der Waals surface area contributed by atoms with E-state index in [1.165, 1.54) is 11.3 Å². The molecule has 1 aromatic heterocycles. The summed E-state index contributed by atoms with van der Waals surface area (Å²) in [6.45, 7) is 7.55. The number of sulfonamides is 1. The zero-order chi connectivity index (χ0) is 15.2. The van der Waals surface area contributed by atoms with Crippen molar-refractivity contribution in [1.29, 1.82) is 0 Å². The molecule has 0 aromatic carbocycles. The third-order valence-electron chi connectivity index (χ3n) is 3.39. The van der Waals surface area contributed by atoms with Crippen LogP contribution in [0, 0.1) is 5.92 Å². The molecule has 1 rings (SSSR count). The lowest BCUT2D eigenvalue weighted by atomic mass is 9.93. The van der Waals surface area contributed by atoms with Crippen molar-refractivity contribution < 1.29 is 13.5 Å². The highest BCUT2D eigenvalue weighted by atomic mass is 32.2. The fraction of sp³-hybridized carbons (Fsp3) is 0.571. The summed E-state index contributed by atoms with van der Waals surface area (Å²) < 4.78 is 27.5. The van der Waals surface area contributed by atoms with Crippen LogP contribution in [-0.4, -0.2) is 25.7 Å². The Morgan fingerprint density at radius 1 is 1.55 bits per heavy atom. The van der Waals surface area contributed by atoms with Gasteiger partial charge < -0.3 is 5.11 Å². The van der Waals surface area contributed by atoms with Crippen molar-refractivity contribution in [2.45, 2.75) is 49.5 Å². The Labute approximate surface area is 125 Å². The highest BCUT2D eigenvalue weighted by molar-refractivity contribution is 7.91. The molecule has 0 saturated carbocycles. The summed E-state index contributed by atoms with van der Waals surface area (Å²) in [5.74, 6) is 0.0598. The van der Waals surface area contributed by atoms with Crippen LogP contribution in [0.4, 0.5) is 0 Å². The zero-order valence-corrected chi connectivity index (χ0v) is 13.6. The molecule has 0 saturated heterocycles. The Kier molecular flexibility index (Phi) is 6.88. The van der Waals surface area contributed by atoms with Crippen LogP contribution >= 0.6 is 11.3 Å². The first kappa shape index (κ1) is 17.4. The summed E-state index contributed by atoms with van der Waals surface area (Å²) in [5, 5.41) is 12.0. The van der Waals surface area contributed by atoms with Crippen molar-refractivity contribution in [3.8, 4) is 0 Å². The fourth-order valence-corrected chi connectivity index (χ4v) is 4.34. The van der Waals surface area contributed by atoms with Gasteiger partial charge in [-0.3, -0.25) is 0 Å². The number of hydrogen-bond donors (Lipinski definition) is 2. The van der Waals surface area contributed by atoms with Gasteiger partial charge in [-0.05, 0) is 30.2 Å². The Morgan fingerprint density at radius 2 is 2.25 bits per heavy atom. The maximum atomic E-state index is 12.3. The second kappa shape index (κ2) is 7.93. The Bertz CT molecular complexity index is 496. The molecule has 0 aliphatic heterocycles. The summed E-state index contributed by atoms with van der Waals surface area (Å²) in [6.07, 6.45) is 2.98. The lowest BCUT2D eigenvalue weighted by Gasteiger charge is -2.28.